The number of nitrogens with one attached hydrogen (secondary N) is 2. The highest BCUT2D eigenvalue weighted by Gasteiger charge is 2.13. The summed E-state index contributed by atoms with van der Waals surface area (Å²) < 4.78 is 15.8. The summed E-state index contributed by atoms with van der Waals surface area (Å²) in [6.45, 7) is 6.28. The molecular weight excluding hydrogens is 322 g/mol. The van der Waals surface area contributed by atoms with Gasteiger partial charge in [0.15, 0.2) is 23.3 Å². The number of nitrogens with zero attached hydrogens (tertiary/aromatic N) is 3. The molecule has 1 aromatic carbocycles. The molecule has 0 fully saturated rings. The van der Waals surface area contributed by atoms with E-state index in [-0.39, 0.29) is 6.79 Å². The van der Waals surface area contributed by atoms with E-state index in [1.54, 1.807) is 0 Å². The second-order valence-electron chi connectivity index (χ2n) is 5.65. The van der Waals surface area contributed by atoms with Crippen LogP contribution in [-0.4, -0.2) is 36.0 Å². The van der Waals surface area contributed by atoms with E-state index < -0.39 is 0 Å². The second-order valence-corrected chi connectivity index (χ2v) is 5.65. The first kappa shape index (κ1) is 17.1. The molecule has 1 aliphatic rings. The van der Waals surface area contributed by atoms with Crippen molar-refractivity contribution >= 4 is 5.96 Å². The molecule has 0 amide bonds. The monoisotopic (exact) mass is 345 g/mol. The summed E-state index contributed by atoms with van der Waals surface area (Å²) in [5.41, 5.74) is 1.07. The maximum atomic E-state index is 5.39. The molecule has 0 radical (unpaired) electrons. The zero-order valence-corrected chi connectivity index (χ0v) is 14.5. The summed E-state index contributed by atoms with van der Waals surface area (Å²) in [6, 6.07) is 5.88. The van der Waals surface area contributed by atoms with Crippen molar-refractivity contribution in [3.63, 3.8) is 0 Å². The first-order valence-corrected chi connectivity index (χ1v) is 8.44. The van der Waals surface area contributed by atoms with Gasteiger partial charge in [0.25, 0.3) is 0 Å². The molecule has 2 heterocycles. The van der Waals surface area contributed by atoms with Crippen LogP contribution in [0, 0.1) is 6.92 Å². The maximum Gasteiger partial charge on any atom is 0.231 e. The van der Waals surface area contributed by atoms with E-state index in [1.807, 2.05) is 32.0 Å². The van der Waals surface area contributed by atoms with Crippen molar-refractivity contribution in [2.24, 2.45) is 4.99 Å². The van der Waals surface area contributed by atoms with Crippen molar-refractivity contribution in [2.75, 3.05) is 19.9 Å². The normalized spacial score (nSPS) is 13.1. The van der Waals surface area contributed by atoms with E-state index in [1.165, 1.54) is 0 Å². The SMILES string of the molecule is CCNC(=NCc1ccc2c(c1)OCO2)NCCCc1nc(C)no1. The van der Waals surface area contributed by atoms with Gasteiger partial charge in [-0.3, -0.25) is 0 Å². The minimum absolute atomic E-state index is 0.284. The molecule has 1 aliphatic heterocycles. The topological polar surface area (TPSA) is 93.8 Å². The highest BCUT2D eigenvalue weighted by molar-refractivity contribution is 5.79. The van der Waals surface area contributed by atoms with Crippen LogP contribution in [0.4, 0.5) is 0 Å². The van der Waals surface area contributed by atoms with Crippen LogP contribution in [0.1, 0.15) is 30.6 Å². The molecule has 3 rings (SSSR count). The Bertz CT molecular complexity index is 729. The van der Waals surface area contributed by atoms with Crippen molar-refractivity contribution in [2.45, 2.75) is 33.2 Å². The molecule has 25 heavy (non-hydrogen) atoms. The van der Waals surface area contributed by atoms with Crippen LogP contribution >= 0.6 is 0 Å². The molecule has 0 spiro atoms. The zero-order chi connectivity index (χ0) is 17.5. The Kier molecular flexibility index (Phi) is 5.71. The number of aromatic nitrogens is 2. The number of fused-ring (bicyclic) bond motifs is 1. The van der Waals surface area contributed by atoms with Gasteiger partial charge >= 0.3 is 0 Å². The van der Waals surface area contributed by atoms with Gasteiger partial charge in [-0.25, -0.2) is 4.99 Å². The van der Waals surface area contributed by atoms with E-state index in [9.17, 15) is 0 Å². The van der Waals surface area contributed by atoms with Gasteiger partial charge < -0.3 is 24.6 Å². The van der Waals surface area contributed by atoms with Crippen LogP contribution < -0.4 is 20.1 Å². The lowest BCUT2D eigenvalue weighted by Gasteiger charge is -2.11. The maximum absolute atomic E-state index is 5.39. The molecule has 0 atom stereocenters. The fourth-order valence-electron chi connectivity index (χ4n) is 2.44. The fraction of sp³-hybridized carbons (Fsp3) is 0.471. The summed E-state index contributed by atoms with van der Waals surface area (Å²) in [5.74, 6) is 3.68. The van der Waals surface area contributed by atoms with E-state index in [0.717, 1.165) is 49.0 Å². The molecule has 8 nitrogen and oxygen atoms in total. The molecule has 0 saturated carbocycles. The Labute approximate surface area is 146 Å². The predicted molar refractivity (Wildman–Crippen MR) is 92.7 cm³/mol. The number of aryl methyl sites for hydroxylation is 2. The Morgan fingerprint density at radius 1 is 1.24 bits per heavy atom. The molecule has 2 aromatic rings. The van der Waals surface area contributed by atoms with Crippen LogP contribution in [0.15, 0.2) is 27.7 Å². The second kappa shape index (κ2) is 8.36. The molecule has 0 bridgehead atoms. The van der Waals surface area contributed by atoms with Crippen LogP contribution in [-0.2, 0) is 13.0 Å². The molecule has 8 heteroatoms. The lowest BCUT2D eigenvalue weighted by atomic mass is 10.2. The van der Waals surface area contributed by atoms with E-state index in [4.69, 9.17) is 14.0 Å². The lowest BCUT2D eigenvalue weighted by Crippen LogP contribution is -2.37. The van der Waals surface area contributed by atoms with Crippen LogP contribution in [0.25, 0.3) is 0 Å². The first-order chi connectivity index (χ1) is 12.2. The Hall–Kier alpha value is -2.77. The van der Waals surface area contributed by atoms with Gasteiger partial charge in [-0.1, -0.05) is 11.2 Å². The van der Waals surface area contributed by atoms with Gasteiger partial charge in [0.1, 0.15) is 0 Å². The summed E-state index contributed by atoms with van der Waals surface area (Å²) in [4.78, 5) is 8.80. The van der Waals surface area contributed by atoms with Gasteiger partial charge in [0.05, 0.1) is 6.54 Å². The van der Waals surface area contributed by atoms with Crippen molar-refractivity contribution in [1.82, 2.24) is 20.8 Å². The highest BCUT2D eigenvalue weighted by Crippen LogP contribution is 2.32. The van der Waals surface area contributed by atoms with Crippen LogP contribution in [0.2, 0.25) is 0 Å². The fourth-order valence-corrected chi connectivity index (χ4v) is 2.44. The average molecular weight is 345 g/mol. The summed E-state index contributed by atoms with van der Waals surface area (Å²) in [6.07, 6.45) is 1.63. The number of hydrogen-bond donors (Lipinski definition) is 2. The van der Waals surface area contributed by atoms with Crippen LogP contribution in [0.5, 0.6) is 11.5 Å². The number of aliphatic imine (C=N–C) groups is 1. The predicted octanol–water partition coefficient (Wildman–Crippen LogP) is 1.79. The molecule has 134 valence electrons. The van der Waals surface area contributed by atoms with Crippen LogP contribution in [0.3, 0.4) is 0 Å². The minimum Gasteiger partial charge on any atom is -0.454 e. The number of ether oxygens (including phenoxy) is 2. The third-order valence-corrected chi connectivity index (χ3v) is 3.63. The summed E-state index contributed by atoms with van der Waals surface area (Å²) >= 11 is 0. The number of hydrogen-bond acceptors (Lipinski definition) is 6. The molecule has 0 saturated heterocycles. The third kappa shape index (κ3) is 4.85. The van der Waals surface area contributed by atoms with E-state index >= 15 is 0 Å². The number of guanidine groups is 1. The Morgan fingerprint density at radius 3 is 2.92 bits per heavy atom. The van der Waals surface area contributed by atoms with Gasteiger partial charge in [-0.2, -0.15) is 4.98 Å². The average Bonchev–Trinajstić information content (AvgIpc) is 3.24. The third-order valence-electron chi connectivity index (χ3n) is 3.63. The smallest absolute Gasteiger partial charge is 0.231 e. The van der Waals surface area contributed by atoms with Gasteiger partial charge in [-0.15, -0.1) is 0 Å². The molecule has 2 N–H and O–H groups in total. The minimum atomic E-state index is 0.284. The first-order valence-electron chi connectivity index (χ1n) is 8.44. The summed E-state index contributed by atoms with van der Waals surface area (Å²) in [7, 11) is 0. The molecule has 0 aliphatic carbocycles. The van der Waals surface area contributed by atoms with Gasteiger partial charge in [0.2, 0.25) is 12.7 Å². The highest BCUT2D eigenvalue weighted by atomic mass is 16.7. The standard InChI is InChI=1S/C17H23N5O3/c1-3-18-17(19-8-4-5-16-21-12(2)22-25-16)20-10-13-6-7-14-15(9-13)24-11-23-14/h6-7,9H,3-5,8,10-11H2,1-2H3,(H2,18,19,20). The Morgan fingerprint density at radius 2 is 2.12 bits per heavy atom. The van der Waals surface area contributed by atoms with Crippen molar-refractivity contribution in [3.05, 3.63) is 35.5 Å². The van der Waals surface area contributed by atoms with Crippen molar-refractivity contribution < 1.29 is 14.0 Å². The van der Waals surface area contributed by atoms with E-state index in [0.29, 0.717) is 18.3 Å². The zero-order valence-electron chi connectivity index (χ0n) is 14.5. The lowest BCUT2D eigenvalue weighted by molar-refractivity contribution is 0.174. The summed E-state index contributed by atoms with van der Waals surface area (Å²) in [5, 5.41) is 10.3. The number of rotatable bonds is 7. The number of benzene rings is 1. The van der Waals surface area contributed by atoms with Crippen molar-refractivity contribution in [3.8, 4) is 11.5 Å². The quantitative estimate of drug-likeness (QED) is 0.449. The van der Waals surface area contributed by atoms with Crippen molar-refractivity contribution in [1.29, 1.82) is 0 Å². The Balaban J connectivity index is 1.48. The van der Waals surface area contributed by atoms with Gasteiger partial charge in [0, 0.05) is 19.5 Å². The molecule has 1 aromatic heterocycles. The van der Waals surface area contributed by atoms with Gasteiger partial charge in [-0.05, 0) is 38.0 Å². The molecule has 0 unspecified atom stereocenters. The molecular formula is C17H23N5O3. The van der Waals surface area contributed by atoms with E-state index in [2.05, 4.69) is 25.8 Å². The largest absolute Gasteiger partial charge is 0.454 e.